The van der Waals surface area contributed by atoms with Gasteiger partial charge in [-0.3, -0.25) is 19.7 Å². The van der Waals surface area contributed by atoms with Crippen molar-refractivity contribution in [3.63, 3.8) is 0 Å². The number of carboxylic acid groups (broad SMARTS) is 1. The van der Waals surface area contributed by atoms with Gasteiger partial charge in [0, 0.05) is 54.5 Å². The van der Waals surface area contributed by atoms with Crippen LogP contribution in [0, 0.1) is 0 Å². The lowest BCUT2D eigenvalue weighted by Gasteiger charge is -2.44. The van der Waals surface area contributed by atoms with Gasteiger partial charge in [-0.2, -0.15) is 0 Å². The second kappa shape index (κ2) is 17.4. The summed E-state index contributed by atoms with van der Waals surface area (Å²) in [5.41, 5.74) is 9.95. The van der Waals surface area contributed by atoms with Gasteiger partial charge in [-0.15, -0.1) is 0 Å². The number of ether oxygens (including phenoxy) is 2. The first-order valence-corrected chi connectivity index (χ1v) is 19.9. The van der Waals surface area contributed by atoms with E-state index in [1.807, 2.05) is 37.4 Å². The van der Waals surface area contributed by atoms with Crippen molar-refractivity contribution >= 4 is 35.1 Å². The fourth-order valence-corrected chi connectivity index (χ4v) is 9.07. The molecule has 3 heterocycles. The number of aliphatic hydroxyl groups excluding tert-OH is 4. The maximum absolute atomic E-state index is 14.5. The molecule has 3 aromatic rings. The molecule has 4 aliphatic rings. The van der Waals surface area contributed by atoms with E-state index in [2.05, 4.69) is 15.3 Å². The first kappa shape index (κ1) is 42.9. The lowest BCUT2D eigenvalue weighted by Crippen LogP contribution is -2.67. The zero-order chi connectivity index (χ0) is 42.9. The van der Waals surface area contributed by atoms with Crippen molar-refractivity contribution in [1.29, 1.82) is 0 Å². The number of benzene rings is 3. The molecule has 3 aliphatic heterocycles. The number of nitrogens with one attached hydrogen (secondary N) is 1. The average molecular weight is 830 g/mol. The number of phenols is 2. The summed E-state index contributed by atoms with van der Waals surface area (Å²) in [6, 6.07) is 14.8. The number of nitrogens with zero attached hydrogens (tertiary/aromatic N) is 3. The summed E-state index contributed by atoms with van der Waals surface area (Å²) >= 11 is 0. The molecule has 9 atom stereocenters. The Kier molecular flexibility index (Phi) is 12.4. The highest BCUT2D eigenvalue weighted by Crippen LogP contribution is 2.54. The summed E-state index contributed by atoms with van der Waals surface area (Å²) in [6.07, 6.45) is -1.88. The van der Waals surface area contributed by atoms with Crippen LogP contribution in [-0.2, 0) is 26.2 Å². The maximum atomic E-state index is 14.5. The van der Waals surface area contributed by atoms with Gasteiger partial charge >= 0.3 is 11.9 Å². The van der Waals surface area contributed by atoms with E-state index in [0.717, 1.165) is 34.4 Å². The van der Waals surface area contributed by atoms with Gasteiger partial charge in [0.25, 0.3) is 5.91 Å². The number of hydrogen-bond donors (Lipinski definition) is 10. The Labute approximate surface area is 345 Å². The second-order valence-electron chi connectivity index (χ2n) is 15.8. The summed E-state index contributed by atoms with van der Waals surface area (Å²) in [4.78, 5) is 37.9. The second-order valence-corrected chi connectivity index (χ2v) is 15.8. The van der Waals surface area contributed by atoms with Crippen LogP contribution in [0.5, 0.6) is 17.2 Å². The molecule has 1 saturated carbocycles. The number of phenolic OH excluding ortho intramolecular Hbond substituents is 2. The van der Waals surface area contributed by atoms with E-state index >= 15 is 0 Å². The Bertz CT molecular complexity index is 2180. The number of anilines is 1. The first-order valence-electron chi connectivity index (χ1n) is 19.9. The predicted octanol–water partition coefficient (Wildman–Crippen LogP) is 1.04. The zero-order valence-electron chi connectivity index (χ0n) is 33.0. The summed E-state index contributed by atoms with van der Waals surface area (Å²) in [5, 5.41) is 88.6. The molecule has 1 saturated heterocycles. The van der Waals surface area contributed by atoms with Crippen molar-refractivity contribution in [2.75, 3.05) is 31.8 Å². The van der Waals surface area contributed by atoms with Gasteiger partial charge in [0.2, 0.25) is 0 Å². The standard InChI is InChI=1S/C43H51N5O12/c1-45-15-13-28-29(47-22-46-28)17-24-16-23(9-11-31(24)50)10-12-36(52)48-30-19-33(59-43(58)40(55)39(54)38(53)34(21-49)60-43)32(51)18-26(30)27(37(48)41(56)57)20-42(14-5-8-35(42)44)25-6-3-2-4-7-25/h2-4,6-7,9-12,16,18-19,27,34-35,37-40,45,49-51,53-55,58H,5,8,13-15,17,20-22,44H2,1H3,(H,56,57)/t27-,34-,35+,37-,38-,39+,40-,42+,43-/m1/s1. The molecule has 0 spiro atoms. The highest BCUT2D eigenvalue weighted by molar-refractivity contribution is 6.43. The fourth-order valence-electron chi connectivity index (χ4n) is 9.07. The minimum atomic E-state index is -3.12. The van der Waals surface area contributed by atoms with Crippen LogP contribution in [-0.4, -0.2) is 133 Å². The average Bonchev–Trinajstić information content (AvgIpc) is 3.93. The van der Waals surface area contributed by atoms with Gasteiger partial charge in [-0.25, -0.2) is 4.79 Å². The largest absolute Gasteiger partial charge is 0.508 e. The van der Waals surface area contributed by atoms with Gasteiger partial charge in [0.05, 0.1) is 23.7 Å². The number of carbonyl (C=O) groups is 2. The van der Waals surface area contributed by atoms with E-state index in [0.29, 0.717) is 50.0 Å². The molecular formula is C43H51N5O12. The molecule has 0 bridgehead atoms. The Hall–Kier alpha value is -5.24. The molecule has 60 heavy (non-hydrogen) atoms. The third kappa shape index (κ3) is 8.02. The molecule has 3 aromatic carbocycles. The molecule has 1 aliphatic carbocycles. The van der Waals surface area contributed by atoms with E-state index in [-0.39, 0.29) is 29.5 Å². The summed E-state index contributed by atoms with van der Waals surface area (Å²) < 4.78 is 10.8. The van der Waals surface area contributed by atoms with Gasteiger partial charge < -0.3 is 61.4 Å². The monoisotopic (exact) mass is 829 g/mol. The third-order valence-electron chi connectivity index (χ3n) is 12.2. The molecule has 17 heteroatoms. The van der Waals surface area contributed by atoms with Crippen LogP contribution >= 0.6 is 0 Å². The van der Waals surface area contributed by atoms with Crippen molar-refractivity contribution in [2.24, 2.45) is 15.7 Å². The number of nitrogens with two attached hydrogens (primary N) is 1. The summed E-state index contributed by atoms with van der Waals surface area (Å²) in [5.74, 6) is -7.35. The van der Waals surface area contributed by atoms with Crippen molar-refractivity contribution < 1.29 is 59.9 Å². The fraction of sp³-hybridized carbons (Fsp3) is 0.442. The van der Waals surface area contributed by atoms with Crippen LogP contribution in [0.4, 0.5) is 5.69 Å². The molecule has 0 radical (unpaired) electrons. The number of aliphatic carboxylic acids is 1. The molecule has 11 N–H and O–H groups in total. The highest BCUT2D eigenvalue weighted by Gasteiger charge is 2.56. The summed E-state index contributed by atoms with van der Waals surface area (Å²) in [7, 11) is 1.84. The minimum absolute atomic E-state index is 0.00292. The zero-order valence-corrected chi connectivity index (χ0v) is 33.0. The quantitative estimate of drug-likeness (QED) is 0.0804. The number of amides is 1. The number of aromatic hydroxyl groups is 2. The lowest BCUT2D eigenvalue weighted by molar-refractivity contribution is -0.422. The van der Waals surface area contributed by atoms with E-state index < -0.39 is 77.7 Å². The van der Waals surface area contributed by atoms with E-state index in [9.17, 15) is 50.4 Å². The van der Waals surface area contributed by atoms with Gasteiger partial charge in [-0.05, 0) is 67.3 Å². The van der Waals surface area contributed by atoms with Gasteiger partial charge in [-0.1, -0.05) is 42.8 Å². The smallest absolute Gasteiger partial charge is 0.355 e. The Morgan fingerprint density at radius 2 is 1.78 bits per heavy atom. The van der Waals surface area contributed by atoms with Crippen LogP contribution in [0.3, 0.4) is 0 Å². The van der Waals surface area contributed by atoms with Crippen LogP contribution < -0.4 is 20.7 Å². The first-order chi connectivity index (χ1) is 28.7. The molecule has 1 amide bonds. The van der Waals surface area contributed by atoms with Gasteiger partial charge in [0.15, 0.2) is 17.6 Å². The molecular weight excluding hydrogens is 778 g/mol. The van der Waals surface area contributed by atoms with Crippen molar-refractivity contribution in [3.05, 3.63) is 89.0 Å². The number of carbonyl (C=O) groups excluding carboxylic acids is 1. The number of rotatable bonds is 14. The van der Waals surface area contributed by atoms with Crippen LogP contribution in [0.1, 0.15) is 60.3 Å². The summed E-state index contributed by atoms with van der Waals surface area (Å²) in [6.45, 7) is 0.113. The van der Waals surface area contributed by atoms with E-state index in [1.165, 1.54) is 24.3 Å². The highest BCUT2D eigenvalue weighted by atomic mass is 16.8. The normalized spacial score (nSPS) is 30.1. The molecule has 0 aromatic heterocycles. The van der Waals surface area contributed by atoms with E-state index in [4.69, 9.17) is 15.2 Å². The minimum Gasteiger partial charge on any atom is -0.508 e. The number of aliphatic imine (C=N–C) groups is 2. The topological polar surface area (TPSA) is 280 Å². The number of aliphatic hydroxyl groups is 5. The van der Waals surface area contributed by atoms with Crippen molar-refractivity contribution in [3.8, 4) is 17.2 Å². The van der Waals surface area contributed by atoms with Crippen molar-refractivity contribution in [2.45, 2.75) is 92.3 Å². The molecule has 17 nitrogen and oxygen atoms in total. The van der Waals surface area contributed by atoms with Crippen molar-refractivity contribution in [1.82, 2.24) is 5.32 Å². The molecule has 0 unspecified atom stereocenters. The number of hydrogen-bond acceptors (Lipinski definition) is 15. The number of carboxylic acids is 1. The van der Waals surface area contributed by atoms with Crippen LogP contribution in [0.15, 0.2) is 76.7 Å². The van der Waals surface area contributed by atoms with Crippen LogP contribution in [0.2, 0.25) is 0 Å². The number of fused-ring (bicyclic) bond motifs is 1. The van der Waals surface area contributed by atoms with E-state index in [1.54, 1.807) is 12.1 Å². The predicted molar refractivity (Wildman–Crippen MR) is 219 cm³/mol. The van der Waals surface area contributed by atoms with Gasteiger partial charge in [0.1, 0.15) is 36.8 Å². The SMILES string of the molecule is CNCCC1=NCN=C1Cc1cc(C=CC(=O)N2c3cc(O[C@@]4(O)O[C@H](CO)[C@@H](O)[C@H](O)[C@H]4O)c(O)cc3[C@@H](C[C@]3(c4ccccc4)CCC[C@@H]3N)[C@@H]2C(=O)O)ccc1O. The lowest BCUT2D eigenvalue weighted by atomic mass is 9.68. The molecule has 2 fully saturated rings. The van der Waals surface area contributed by atoms with Crippen LogP contribution in [0.25, 0.3) is 6.08 Å². The Morgan fingerprint density at radius 3 is 2.47 bits per heavy atom. The maximum Gasteiger partial charge on any atom is 0.355 e. The Balaban J connectivity index is 1.27. The molecule has 7 rings (SSSR count). The Morgan fingerprint density at radius 1 is 1.03 bits per heavy atom. The third-order valence-corrected chi connectivity index (χ3v) is 12.2. The molecule has 320 valence electrons.